The molecule has 0 radical (unpaired) electrons. The fraction of sp³-hybridized carbons (Fsp3) is 0.600. The van der Waals surface area contributed by atoms with Crippen molar-refractivity contribution in [3.8, 4) is 5.75 Å². The maximum absolute atomic E-state index is 11.0. The normalized spacial score (nSPS) is 20.7. The zero-order chi connectivity index (χ0) is 15.2. The van der Waals surface area contributed by atoms with E-state index in [1.807, 2.05) is 13.8 Å². The third kappa shape index (κ3) is 4.07. The van der Waals surface area contributed by atoms with Gasteiger partial charge in [0.2, 0.25) is 0 Å². The predicted octanol–water partition coefficient (Wildman–Crippen LogP) is 3.36. The van der Waals surface area contributed by atoms with Crippen molar-refractivity contribution in [1.82, 2.24) is 0 Å². The summed E-state index contributed by atoms with van der Waals surface area (Å²) < 4.78 is 11.0. The molecule has 0 spiro atoms. The van der Waals surface area contributed by atoms with Gasteiger partial charge in [-0.2, -0.15) is 0 Å². The van der Waals surface area contributed by atoms with Crippen LogP contribution in [0.15, 0.2) is 18.2 Å². The van der Waals surface area contributed by atoms with Gasteiger partial charge in [-0.1, -0.05) is 6.92 Å². The number of ether oxygens (including phenoxy) is 2. The van der Waals surface area contributed by atoms with E-state index >= 15 is 0 Å². The number of hydrogen-bond acceptors (Lipinski definition) is 5. The van der Waals surface area contributed by atoms with Gasteiger partial charge in [0.25, 0.3) is 0 Å². The van der Waals surface area contributed by atoms with Gasteiger partial charge in [-0.15, -0.1) is 0 Å². The first-order valence-corrected chi connectivity index (χ1v) is 7.43. The number of nitro benzene ring substituents is 1. The van der Waals surface area contributed by atoms with E-state index in [4.69, 9.17) is 9.47 Å². The quantitative estimate of drug-likeness (QED) is 0.588. The van der Waals surface area contributed by atoms with E-state index in [0.29, 0.717) is 24.5 Å². The number of nitrogens with zero attached hydrogens (tertiary/aromatic N) is 1. The van der Waals surface area contributed by atoms with E-state index < -0.39 is 4.92 Å². The van der Waals surface area contributed by atoms with E-state index in [1.165, 1.54) is 6.07 Å². The van der Waals surface area contributed by atoms with Gasteiger partial charge in [0.05, 0.1) is 17.6 Å². The first-order valence-electron chi connectivity index (χ1n) is 7.43. The summed E-state index contributed by atoms with van der Waals surface area (Å²) in [5.74, 6) is 0.326. The highest BCUT2D eigenvalue weighted by molar-refractivity contribution is 5.58. The summed E-state index contributed by atoms with van der Waals surface area (Å²) in [5.41, 5.74) is 0.862. The van der Waals surface area contributed by atoms with Gasteiger partial charge < -0.3 is 14.8 Å². The summed E-state index contributed by atoms with van der Waals surface area (Å²) in [6, 6.07) is 5.29. The van der Waals surface area contributed by atoms with Crippen LogP contribution in [0.25, 0.3) is 0 Å². The molecule has 0 amide bonds. The van der Waals surface area contributed by atoms with Crippen LogP contribution in [-0.2, 0) is 4.74 Å². The summed E-state index contributed by atoms with van der Waals surface area (Å²) in [4.78, 5) is 10.6. The maximum Gasteiger partial charge on any atom is 0.311 e. The number of anilines is 1. The Hall–Kier alpha value is -1.82. The van der Waals surface area contributed by atoms with Crippen molar-refractivity contribution < 1.29 is 14.4 Å². The molecule has 1 fully saturated rings. The highest BCUT2D eigenvalue weighted by Crippen LogP contribution is 2.33. The molecule has 0 aliphatic heterocycles. The molecule has 1 aliphatic rings. The molecule has 0 saturated heterocycles. The number of benzene rings is 1. The van der Waals surface area contributed by atoms with Crippen LogP contribution in [0.1, 0.15) is 33.1 Å². The minimum Gasteiger partial charge on any atom is -0.487 e. The lowest BCUT2D eigenvalue weighted by Gasteiger charge is -2.36. The average Bonchev–Trinajstić information content (AvgIpc) is 2.42. The molecule has 116 valence electrons. The average molecular weight is 294 g/mol. The fourth-order valence-electron chi connectivity index (χ4n) is 2.37. The van der Waals surface area contributed by atoms with Crippen molar-refractivity contribution in [3.05, 3.63) is 28.3 Å². The Morgan fingerprint density at radius 3 is 2.76 bits per heavy atom. The van der Waals surface area contributed by atoms with Crippen LogP contribution in [0.2, 0.25) is 0 Å². The standard InChI is InChI=1S/C15H22N2O4/c1-3-7-21-15-10-11(5-6-14(15)17(18)19)16-12-8-13(9-12)20-4-2/h5-6,10,12-13,16H,3-4,7-9H2,1-2H3. The Morgan fingerprint density at radius 1 is 1.38 bits per heavy atom. The van der Waals surface area contributed by atoms with Gasteiger partial charge in [-0.3, -0.25) is 10.1 Å². The largest absolute Gasteiger partial charge is 0.487 e. The molecule has 1 N–H and O–H groups in total. The van der Waals surface area contributed by atoms with Crippen LogP contribution in [0.5, 0.6) is 5.75 Å². The molecule has 6 nitrogen and oxygen atoms in total. The Kier molecular flexibility index (Phi) is 5.38. The van der Waals surface area contributed by atoms with Gasteiger partial charge in [0, 0.05) is 30.5 Å². The summed E-state index contributed by atoms with van der Waals surface area (Å²) in [6.07, 6.45) is 3.08. The highest BCUT2D eigenvalue weighted by Gasteiger charge is 2.29. The highest BCUT2D eigenvalue weighted by atomic mass is 16.6. The Bertz CT molecular complexity index is 487. The van der Waals surface area contributed by atoms with Gasteiger partial charge >= 0.3 is 5.69 Å². The minimum absolute atomic E-state index is 0.00908. The molecule has 1 aliphatic carbocycles. The first kappa shape index (κ1) is 15.6. The van der Waals surface area contributed by atoms with E-state index in [-0.39, 0.29) is 5.69 Å². The number of rotatable bonds is 8. The van der Waals surface area contributed by atoms with Crippen LogP contribution in [0.4, 0.5) is 11.4 Å². The molecule has 0 aromatic heterocycles. The van der Waals surface area contributed by atoms with Crippen LogP contribution in [0.3, 0.4) is 0 Å². The van der Waals surface area contributed by atoms with E-state index in [1.54, 1.807) is 12.1 Å². The summed E-state index contributed by atoms with van der Waals surface area (Å²) in [5, 5.41) is 14.4. The van der Waals surface area contributed by atoms with Crippen molar-refractivity contribution in [3.63, 3.8) is 0 Å². The van der Waals surface area contributed by atoms with Crippen molar-refractivity contribution in [2.75, 3.05) is 18.5 Å². The van der Waals surface area contributed by atoms with Crippen molar-refractivity contribution >= 4 is 11.4 Å². The van der Waals surface area contributed by atoms with E-state index in [0.717, 1.165) is 31.6 Å². The molecule has 0 unspecified atom stereocenters. The van der Waals surface area contributed by atoms with Crippen LogP contribution >= 0.6 is 0 Å². The fourth-order valence-corrected chi connectivity index (χ4v) is 2.37. The number of nitrogens with one attached hydrogen (secondary N) is 1. The third-order valence-corrected chi connectivity index (χ3v) is 3.49. The van der Waals surface area contributed by atoms with E-state index in [2.05, 4.69) is 5.32 Å². The van der Waals surface area contributed by atoms with Crippen LogP contribution in [0, 0.1) is 10.1 Å². The summed E-state index contributed by atoms with van der Waals surface area (Å²) in [6.45, 7) is 5.18. The monoisotopic (exact) mass is 294 g/mol. The van der Waals surface area contributed by atoms with Crippen molar-refractivity contribution in [2.24, 2.45) is 0 Å². The van der Waals surface area contributed by atoms with Gasteiger partial charge in [0.15, 0.2) is 5.75 Å². The molecule has 0 heterocycles. The zero-order valence-corrected chi connectivity index (χ0v) is 12.5. The molecule has 21 heavy (non-hydrogen) atoms. The SMILES string of the molecule is CCCOc1cc(NC2CC(OCC)C2)ccc1[N+](=O)[O-]. The Labute approximate surface area is 124 Å². The topological polar surface area (TPSA) is 73.6 Å². The molecule has 1 aromatic rings. The molecule has 1 saturated carbocycles. The second kappa shape index (κ2) is 7.26. The summed E-state index contributed by atoms with van der Waals surface area (Å²) >= 11 is 0. The predicted molar refractivity (Wildman–Crippen MR) is 80.9 cm³/mol. The lowest BCUT2D eigenvalue weighted by atomic mass is 9.89. The lowest BCUT2D eigenvalue weighted by Crippen LogP contribution is -2.40. The Balaban J connectivity index is 1.99. The van der Waals surface area contributed by atoms with Gasteiger partial charge in [-0.25, -0.2) is 0 Å². The van der Waals surface area contributed by atoms with Crippen molar-refractivity contribution in [2.45, 2.75) is 45.3 Å². The third-order valence-electron chi connectivity index (χ3n) is 3.49. The molecular weight excluding hydrogens is 272 g/mol. The van der Waals surface area contributed by atoms with E-state index in [9.17, 15) is 10.1 Å². The Morgan fingerprint density at radius 2 is 2.14 bits per heavy atom. The lowest BCUT2D eigenvalue weighted by molar-refractivity contribution is -0.385. The minimum atomic E-state index is -0.413. The second-order valence-electron chi connectivity index (χ2n) is 5.18. The molecule has 2 rings (SSSR count). The molecule has 6 heteroatoms. The van der Waals surface area contributed by atoms with Gasteiger partial charge in [-0.05, 0) is 32.3 Å². The maximum atomic E-state index is 11.0. The first-order chi connectivity index (χ1) is 10.1. The van der Waals surface area contributed by atoms with Crippen LogP contribution in [-0.4, -0.2) is 30.3 Å². The number of nitro groups is 1. The van der Waals surface area contributed by atoms with Gasteiger partial charge in [0.1, 0.15) is 0 Å². The molecule has 1 aromatic carbocycles. The molecular formula is C15H22N2O4. The van der Waals surface area contributed by atoms with Crippen LogP contribution < -0.4 is 10.1 Å². The van der Waals surface area contributed by atoms with Crippen molar-refractivity contribution in [1.29, 1.82) is 0 Å². The second-order valence-corrected chi connectivity index (χ2v) is 5.18. The zero-order valence-electron chi connectivity index (χ0n) is 12.5. The molecule has 0 bridgehead atoms. The molecule has 0 atom stereocenters. The smallest absolute Gasteiger partial charge is 0.311 e. The number of hydrogen-bond donors (Lipinski definition) is 1. The summed E-state index contributed by atoms with van der Waals surface area (Å²) in [7, 11) is 0.